The summed E-state index contributed by atoms with van der Waals surface area (Å²) in [6, 6.07) is 8.48. The summed E-state index contributed by atoms with van der Waals surface area (Å²) in [5, 5.41) is 1.52. The Morgan fingerprint density at radius 1 is 0.962 bits per heavy atom. The fraction of sp³-hybridized carbons (Fsp3) is 0.0556. The van der Waals surface area contributed by atoms with Gasteiger partial charge in [-0.2, -0.15) is 13.2 Å². The van der Waals surface area contributed by atoms with Gasteiger partial charge in [-0.15, -0.1) is 11.3 Å². The summed E-state index contributed by atoms with van der Waals surface area (Å²) in [7, 11) is 0. The third-order valence-electron chi connectivity index (χ3n) is 3.99. The molecule has 26 heavy (non-hydrogen) atoms. The van der Waals surface area contributed by atoms with Gasteiger partial charge in [0.2, 0.25) is 17.3 Å². The molecule has 0 atom stereocenters. The summed E-state index contributed by atoms with van der Waals surface area (Å²) in [5.74, 6) is -5.07. The molecule has 8 heteroatoms. The highest BCUT2D eigenvalue weighted by Crippen LogP contribution is 2.41. The van der Waals surface area contributed by atoms with E-state index < -0.39 is 46.2 Å². The van der Waals surface area contributed by atoms with Gasteiger partial charge in [0.1, 0.15) is 0 Å². The van der Waals surface area contributed by atoms with Crippen LogP contribution in [0.15, 0.2) is 46.2 Å². The molecule has 4 rings (SSSR count). The minimum atomic E-state index is -5.04. The molecule has 0 radical (unpaired) electrons. The standard InChI is InChI=1S/C18H7F3O4S/c19-18(20,21)17-12(15(24)10-6-3-7-26-10)11-13(22)8-4-1-2-5-9(8)14(23)16(11)25-17/h1-7H. The predicted octanol–water partition coefficient (Wildman–Crippen LogP) is 4.37. The van der Waals surface area contributed by atoms with Crippen LogP contribution in [-0.2, 0) is 6.18 Å². The highest BCUT2D eigenvalue weighted by atomic mass is 32.1. The molecule has 0 fully saturated rings. The first-order chi connectivity index (χ1) is 12.3. The monoisotopic (exact) mass is 376 g/mol. The Bertz CT molecular complexity index is 1070. The molecule has 0 saturated heterocycles. The van der Waals surface area contributed by atoms with Gasteiger partial charge in [0, 0.05) is 11.1 Å². The lowest BCUT2D eigenvalue weighted by Gasteiger charge is -2.13. The van der Waals surface area contributed by atoms with E-state index in [1.807, 2.05) is 0 Å². The molecule has 0 aliphatic heterocycles. The van der Waals surface area contributed by atoms with Crippen LogP contribution in [0.3, 0.4) is 0 Å². The second-order valence-corrected chi connectivity index (χ2v) is 6.47. The van der Waals surface area contributed by atoms with Crippen molar-refractivity contribution < 1.29 is 32.0 Å². The maximum Gasteiger partial charge on any atom is 0.450 e. The molecular formula is C18H7F3O4S. The second-order valence-electron chi connectivity index (χ2n) is 5.52. The van der Waals surface area contributed by atoms with Crippen LogP contribution in [0.4, 0.5) is 13.2 Å². The fourth-order valence-corrected chi connectivity index (χ4v) is 3.56. The number of alkyl halides is 3. The summed E-state index contributed by atoms with van der Waals surface area (Å²) >= 11 is 0.932. The van der Waals surface area contributed by atoms with Crippen LogP contribution < -0.4 is 0 Å². The van der Waals surface area contributed by atoms with Gasteiger partial charge < -0.3 is 4.42 Å². The lowest BCUT2D eigenvalue weighted by Crippen LogP contribution is -2.21. The number of hydrogen-bond acceptors (Lipinski definition) is 5. The van der Waals surface area contributed by atoms with Gasteiger partial charge in [0.15, 0.2) is 11.5 Å². The fourth-order valence-electron chi connectivity index (χ4n) is 2.89. The van der Waals surface area contributed by atoms with Crippen LogP contribution in [0.25, 0.3) is 0 Å². The molecule has 1 aliphatic rings. The van der Waals surface area contributed by atoms with E-state index in [0.717, 1.165) is 11.3 Å². The molecule has 0 N–H and O–H groups in total. The Labute approximate surface area is 147 Å². The zero-order valence-electron chi connectivity index (χ0n) is 12.7. The Hall–Kier alpha value is -3.00. The van der Waals surface area contributed by atoms with Crippen molar-refractivity contribution >= 4 is 28.7 Å². The maximum atomic E-state index is 13.5. The third kappa shape index (κ3) is 2.26. The van der Waals surface area contributed by atoms with Gasteiger partial charge in [-0.05, 0) is 11.4 Å². The number of furan rings is 1. The highest BCUT2D eigenvalue weighted by Gasteiger charge is 2.47. The maximum absolute atomic E-state index is 13.5. The smallest absolute Gasteiger partial charge is 0.446 e. The minimum Gasteiger partial charge on any atom is -0.446 e. The molecule has 2 heterocycles. The van der Waals surface area contributed by atoms with Gasteiger partial charge >= 0.3 is 6.18 Å². The zero-order valence-corrected chi connectivity index (χ0v) is 13.5. The van der Waals surface area contributed by atoms with Crippen molar-refractivity contribution in [3.8, 4) is 0 Å². The van der Waals surface area contributed by atoms with Crippen LogP contribution in [-0.4, -0.2) is 17.3 Å². The molecule has 0 unspecified atom stereocenters. The average molecular weight is 376 g/mol. The van der Waals surface area contributed by atoms with Gasteiger partial charge in [0.05, 0.1) is 16.0 Å². The van der Waals surface area contributed by atoms with E-state index in [2.05, 4.69) is 0 Å². The molecule has 130 valence electrons. The van der Waals surface area contributed by atoms with Crippen molar-refractivity contribution in [1.82, 2.24) is 0 Å². The molecule has 1 aliphatic carbocycles. The molecular weight excluding hydrogens is 369 g/mol. The van der Waals surface area contributed by atoms with Gasteiger partial charge in [-0.25, -0.2) is 0 Å². The first kappa shape index (κ1) is 16.5. The molecule has 2 aromatic heterocycles. The first-order valence-corrected chi connectivity index (χ1v) is 8.19. The summed E-state index contributed by atoms with van der Waals surface area (Å²) < 4.78 is 45.1. The molecule has 3 aromatic rings. The first-order valence-electron chi connectivity index (χ1n) is 7.31. The van der Waals surface area contributed by atoms with E-state index in [4.69, 9.17) is 4.42 Å². The lowest BCUT2D eigenvalue weighted by atomic mass is 9.85. The largest absolute Gasteiger partial charge is 0.450 e. The average Bonchev–Trinajstić information content (AvgIpc) is 3.26. The second kappa shape index (κ2) is 5.50. The van der Waals surface area contributed by atoms with Gasteiger partial charge in [-0.3, -0.25) is 14.4 Å². The Kier molecular flexibility index (Phi) is 3.48. The number of thiophene rings is 1. The molecule has 0 amide bonds. The quantitative estimate of drug-likeness (QED) is 0.488. The van der Waals surface area contributed by atoms with Crippen molar-refractivity contribution in [3.63, 3.8) is 0 Å². The molecule has 0 spiro atoms. The van der Waals surface area contributed by atoms with Crippen LogP contribution >= 0.6 is 11.3 Å². The SMILES string of the molecule is O=C1c2ccccc2C(=O)c2c1oc(C(F)(F)F)c2C(=O)c1cccs1. The van der Waals surface area contributed by atoms with Gasteiger partial charge in [-0.1, -0.05) is 30.3 Å². The van der Waals surface area contributed by atoms with E-state index in [1.165, 1.54) is 41.8 Å². The number of benzene rings is 1. The van der Waals surface area contributed by atoms with Crippen molar-refractivity contribution in [3.05, 3.63) is 80.4 Å². The lowest BCUT2D eigenvalue weighted by molar-refractivity contribution is -0.153. The number of halogens is 3. The van der Waals surface area contributed by atoms with E-state index in [1.54, 1.807) is 0 Å². The van der Waals surface area contributed by atoms with Crippen LogP contribution in [0.5, 0.6) is 0 Å². The summed E-state index contributed by atoms with van der Waals surface area (Å²) in [6.45, 7) is 0. The molecule has 0 bridgehead atoms. The van der Waals surface area contributed by atoms with E-state index >= 15 is 0 Å². The predicted molar refractivity (Wildman–Crippen MR) is 84.8 cm³/mol. The van der Waals surface area contributed by atoms with Gasteiger partial charge in [0.25, 0.3) is 0 Å². The number of fused-ring (bicyclic) bond motifs is 2. The minimum absolute atomic E-state index is 0.0122. The number of rotatable bonds is 2. The highest BCUT2D eigenvalue weighted by molar-refractivity contribution is 7.12. The Morgan fingerprint density at radius 3 is 2.19 bits per heavy atom. The normalized spacial score (nSPS) is 13.5. The van der Waals surface area contributed by atoms with Crippen LogP contribution in [0.2, 0.25) is 0 Å². The third-order valence-corrected chi connectivity index (χ3v) is 4.86. The molecule has 0 saturated carbocycles. The number of carbonyl (C=O) groups is 3. The van der Waals surface area contributed by atoms with Crippen molar-refractivity contribution in [2.24, 2.45) is 0 Å². The molecule has 1 aromatic carbocycles. The van der Waals surface area contributed by atoms with E-state index in [9.17, 15) is 27.6 Å². The van der Waals surface area contributed by atoms with E-state index in [0.29, 0.717) is 0 Å². The Balaban J connectivity index is 2.03. The van der Waals surface area contributed by atoms with Crippen molar-refractivity contribution in [2.45, 2.75) is 6.18 Å². The number of hydrogen-bond donors (Lipinski definition) is 0. The van der Waals surface area contributed by atoms with E-state index in [-0.39, 0.29) is 16.0 Å². The number of ketones is 3. The Morgan fingerprint density at radius 2 is 1.62 bits per heavy atom. The summed E-state index contributed by atoms with van der Waals surface area (Å²) in [6.07, 6.45) is -5.04. The van der Waals surface area contributed by atoms with Crippen molar-refractivity contribution in [2.75, 3.05) is 0 Å². The zero-order chi connectivity index (χ0) is 18.6. The summed E-state index contributed by atoms with van der Waals surface area (Å²) in [4.78, 5) is 38.0. The summed E-state index contributed by atoms with van der Waals surface area (Å²) in [5.41, 5.74) is -1.65. The van der Waals surface area contributed by atoms with Crippen LogP contribution in [0, 0.1) is 0 Å². The van der Waals surface area contributed by atoms with Crippen LogP contribution in [0.1, 0.15) is 53.0 Å². The van der Waals surface area contributed by atoms with Crippen molar-refractivity contribution in [1.29, 1.82) is 0 Å². The molecule has 4 nitrogen and oxygen atoms in total. The topological polar surface area (TPSA) is 64.3 Å². The number of carbonyl (C=O) groups excluding carboxylic acids is 3.